The largest absolute Gasteiger partial charge is 0.494 e. The van der Waals surface area contributed by atoms with E-state index in [9.17, 15) is 0 Å². The summed E-state index contributed by atoms with van der Waals surface area (Å²) in [6.07, 6.45) is 4.32. The molecule has 0 aliphatic rings. The highest BCUT2D eigenvalue weighted by atomic mass is 16.5. The van der Waals surface area contributed by atoms with Crippen molar-refractivity contribution in [3.8, 4) is 11.5 Å². The third-order valence-electron chi connectivity index (χ3n) is 3.59. The fraction of sp³-hybridized carbons (Fsp3) is 0.400. The topological polar surface area (TPSA) is 18.5 Å². The highest BCUT2D eigenvalue weighted by molar-refractivity contribution is 5.28. The van der Waals surface area contributed by atoms with Crippen LogP contribution < -0.4 is 9.47 Å². The van der Waals surface area contributed by atoms with Crippen LogP contribution in [0.2, 0.25) is 0 Å². The summed E-state index contributed by atoms with van der Waals surface area (Å²) in [5, 5.41) is 0. The van der Waals surface area contributed by atoms with Crippen LogP contribution >= 0.6 is 0 Å². The summed E-state index contributed by atoms with van der Waals surface area (Å²) in [6.45, 7) is 5.81. The molecule has 0 N–H and O–H groups in total. The van der Waals surface area contributed by atoms with Gasteiger partial charge >= 0.3 is 0 Å². The Morgan fingerprint density at radius 1 is 0.727 bits per heavy atom. The Hall–Kier alpha value is -1.96. The zero-order valence-corrected chi connectivity index (χ0v) is 13.7. The average Bonchev–Trinajstić information content (AvgIpc) is 2.55. The molecule has 0 amide bonds. The molecule has 0 heterocycles. The predicted molar refractivity (Wildman–Crippen MR) is 91.8 cm³/mol. The maximum atomic E-state index is 5.75. The molecule has 0 unspecified atom stereocenters. The Bertz CT molecular complexity index is 529. The molecule has 2 aromatic rings. The van der Waals surface area contributed by atoms with Crippen LogP contribution in [0.4, 0.5) is 0 Å². The van der Waals surface area contributed by atoms with Crippen molar-refractivity contribution >= 4 is 0 Å². The molecular formula is C20H26O2. The van der Waals surface area contributed by atoms with Gasteiger partial charge in [-0.3, -0.25) is 0 Å². The molecule has 118 valence electrons. The van der Waals surface area contributed by atoms with E-state index in [-0.39, 0.29) is 0 Å². The van der Waals surface area contributed by atoms with Crippen LogP contribution in [0.3, 0.4) is 0 Å². The Morgan fingerprint density at radius 3 is 1.86 bits per heavy atom. The van der Waals surface area contributed by atoms with Crippen LogP contribution in [0.15, 0.2) is 48.5 Å². The summed E-state index contributed by atoms with van der Waals surface area (Å²) in [5.41, 5.74) is 2.59. The molecular weight excluding hydrogens is 272 g/mol. The molecule has 0 aliphatic heterocycles. The van der Waals surface area contributed by atoms with E-state index in [0.717, 1.165) is 44.0 Å². The van der Waals surface area contributed by atoms with Gasteiger partial charge in [-0.05, 0) is 56.0 Å². The fourth-order valence-electron chi connectivity index (χ4n) is 2.19. The van der Waals surface area contributed by atoms with Gasteiger partial charge in [-0.1, -0.05) is 43.2 Å². The first kappa shape index (κ1) is 16.4. The van der Waals surface area contributed by atoms with Crippen LogP contribution in [-0.2, 0) is 6.42 Å². The lowest BCUT2D eigenvalue weighted by Gasteiger charge is -2.08. The highest BCUT2D eigenvalue weighted by Crippen LogP contribution is 2.15. The summed E-state index contributed by atoms with van der Waals surface area (Å²) < 4.78 is 11.4. The first-order valence-electron chi connectivity index (χ1n) is 8.19. The van der Waals surface area contributed by atoms with Crippen molar-refractivity contribution in [1.29, 1.82) is 0 Å². The number of rotatable bonds is 9. The summed E-state index contributed by atoms with van der Waals surface area (Å²) in [5.74, 6) is 1.92. The molecule has 0 fully saturated rings. The van der Waals surface area contributed by atoms with Gasteiger partial charge in [0.2, 0.25) is 0 Å². The van der Waals surface area contributed by atoms with Crippen molar-refractivity contribution < 1.29 is 9.47 Å². The van der Waals surface area contributed by atoms with Crippen LogP contribution in [0.25, 0.3) is 0 Å². The van der Waals surface area contributed by atoms with Crippen LogP contribution in [0.1, 0.15) is 37.3 Å². The Kier molecular flexibility index (Phi) is 6.82. The van der Waals surface area contributed by atoms with E-state index >= 15 is 0 Å². The van der Waals surface area contributed by atoms with Crippen molar-refractivity contribution in [3.05, 3.63) is 59.7 Å². The van der Waals surface area contributed by atoms with Crippen molar-refractivity contribution in [1.82, 2.24) is 0 Å². The summed E-state index contributed by atoms with van der Waals surface area (Å²) in [7, 11) is 0. The minimum atomic E-state index is 0.748. The van der Waals surface area contributed by atoms with Crippen LogP contribution in [-0.4, -0.2) is 13.2 Å². The van der Waals surface area contributed by atoms with Crippen molar-refractivity contribution in [2.45, 2.75) is 39.5 Å². The lowest BCUT2D eigenvalue weighted by Crippen LogP contribution is -2.00. The number of hydrogen-bond acceptors (Lipinski definition) is 2. The molecule has 0 aliphatic carbocycles. The number of benzene rings is 2. The monoisotopic (exact) mass is 298 g/mol. The van der Waals surface area contributed by atoms with Gasteiger partial charge in [0.1, 0.15) is 11.5 Å². The average molecular weight is 298 g/mol. The lowest BCUT2D eigenvalue weighted by atomic mass is 10.1. The smallest absolute Gasteiger partial charge is 0.119 e. The van der Waals surface area contributed by atoms with Crippen molar-refractivity contribution in [3.63, 3.8) is 0 Å². The third-order valence-corrected chi connectivity index (χ3v) is 3.59. The van der Waals surface area contributed by atoms with Gasteiger partial charge in [0.25, 0.3) is 0 Å². The molecule has 0 radical (unpaired) electrons. The Balaban J connectivity index is 1.67. The van der Waals surface area contributed by atoms with Gasteiger partial charge in [0.05, 0.1) is 13.2 Å². The lowest BCUT2D eigenvalue weighted by molar-refractivity contribution is 0.308. The van der Waals surface area contributed by atoms with Gasteiger partial charge in [-0.2, -0.15) is 0 Å². The molecule has 0 saturated heterocycles. The van der Waals surface area contributed by atoms with Crippen LogP contribution in [0.5, 0.6) is 11.5 Å². The second-order valence-corrected chi connectivity index (χ2v) is 5.61. The molecule has 2 heteroatoms. The van der Waals surface area contributed by atoms with Gasteiger partial charge in [0.15, 0.2) is 0 Å². The number of unbranched alkanes of at least 4 members (excludes halogenated alkanes) is 1. The van der Waals surface area contributed by atoms with E-state index in [0.29, 0.717) is 0 Å². The van der Waals surface area contributed by atoms with Gasteiger partial charge in [-0.15, -0.1) is 0 Å². The van der Waals surface area contributed by atoms with Gasteiger partial charge in [0, 0.05) is 0 Å². The number of hydrogen-bond donors (Lipinski definition) is 0. The highest BCUT2D eigenvalue weighted by Gasteiger charge is 1.98. The molecule has 0 saturated carbocycles. The summed E-state index contributed by atoms with van der Waals surface area (Å²) >= 11 is 0. The molecule has 2 rings (SSSR count). The zero-order chi connectivity index (χ0) is 15.6. The molecule has 0 spiro atoms. The first-order valence-corrected chi connectivity index (χ1v) is 8.19. The summed E-state index contributed by atoms with van der Waals surface area (Å²) in [6, 6.07) is 16.6. The predicted octanol–water partition coefficient (Wildman–Crippen LogP) is 5.19. The zero-order valence-electron chi connectivity index (χ0n) is 13.7. The molecule has 0 aromatic heterocycles. The third kappa shape index (κ3) is 5.80. The Labute approximate surface area is 134 Å². The van der Waals surface area contributed by atoms with E-state index in [1.54, 1.807) is 0 Å². The van der Waals surface area contributed by atoms with Gasteiger partial charge < -0.3 is 9.47 Å². The standard InChI is InChI=1S/C20H26O2/c1-3-4-15-21-20-13-9-18(10-14-20)6-5-16-22-19-11-7-17(2)8-12-19/h7-14H,3-6,15-16H2,1-2H3. The Morgan fingerprint density at radius 2 is 1.27 bits per heavy atom. The quantitative estimate of drug-likeness (QED) is 0.593. The van der Waals surface area contributed by atoms with E-state index in [1.165, 1.54) is 17.5 Å². The molecule has 0 bridgehead atoms. The second-order valence-electron chi connectivity index (χ2n) is 5.61. The maximum absolute atomic E-state index is 5.75. The molecule has 2 nitrogen and oxygen atoms in total. The minimum Gasteiger partial charge on any atom is -0.494 e. The van der Waals surface area contributed by atoms with E-state index in [2.05, 4.69) is 50.2 Å². The number of aryl methyl sites for hydroxylation is 2. The van der Waals surface area contributed by atoms with Crippen molar-refractivity contribution in [2.75, 3.05) is 13.2 Å². The molecule has 0 atom stereocenters. The minimum absolute atomic E-state index is 0.748. The maximum Gasteiger partial charge on any atom is 0.119 e. The van der Waals surface area contributed by atoms with E-state index in [1.807, 2.05) is 12.1 Å². The normalized spacial score (nSPS) is 10.5. The number of ether oxygens (including phenoxy) is 2. The van der Waals surface area contributed by atoms with Crippen molar-refractivity contribution in [2.24, 2.45) is 0 Å². The molecule has 2 aromatic carbocycles. The van der Waals surface area contributed by atoms with E-state index < -0.39 is 0 Å². The molecule has 22 heavy (non-hydrogen) atoms. The summed E-state index contributed by atoms with van der Waals surface area (Å²) in [4.78, 5) is 0. The van der Waals surface area contributed by atoms with Crippen LogP contribution in [0, 0.1) is 6.92 Å². The fourth-order valence-corrected chi connectivity index (χ4v) is 2.19. The van der Waals surface area contributed by atoms with Gasteiger partial charge in [-0.25, -0.2) is 0 Å². The second kappa shape index (κ2) is 9.14. The first-order chi connectivity index (χ1) is 10.8. The van der Waals surface area contributed by atoms with E-state index in [4.69, 9.17) is 9.47 Å². The SMILES string of the molecule is CCCCOc1ccc(CCCOc2ccc(C)cc2)cc1.